The fourth-order valence-corrected chi connectivity index (χ4v) is 3.61. The zero-order chi connectivity index (χ0) is 13.1. The second kappa shape index (κ2) is 5.85. The predicted molar refractivity (Wildman–Crippen MR) is 81.9 cm³/mol. The van der Waals surface area contributed by atoms with Crippen molar-refractivity contribution in [2.75, 3.05) is 6.54 Å². The maximum absolute atomic E-state index is 6.22. The number of hydrogen-bond acceptors (Lipinski definition) is 1. The Kier molecular flexibility index (Phi) is 4.14. The van der Waals surface area contributed by atoms with Gasteiger partial charge in [0.05, 0.1) is 0 Å². The molecule has 0 heterocycles. The van der Waals surface area contributed by atoms with Gasteiger partial charge in [-0.1, -0.05) is 49.4 Å². The molecule has 0 bridgehead atoms. The van der Waals surface area contributed by atoms with E-state index in [-0.39, 0.29) is 0 Å². The molecule has 1 nitrogen and oxygen atoms in total. The van der Waals surface area contributed by atoms with Crippen molar-refractivity contribution >= 4 is 11.6 Å². The van der Waals surface area contributed by atoms with Crippen LogP contribution >= 0.6 is 11.6 Å². The van der Waals surface area contributed by atoms with Gasteiger partial charge in [-0.2, -0.15) is 0 Å². The summed E-state index contributed by atoms with van der Waals surface area (Å²) in [5.41, 5.74) is 1.78. The van der Waals surface area contributed by atoms with Crippen LogP contribution in [0.2, 0.25) is 5.02 Å². The molecule has 1 aromatic carbocycles. The molecule has 0 unspecified atom stereocenters. The lowest BCUT2D eigenvalue weighted by atomic mass is 9.74. The van der Waals surface area contributed by atoms with Gasteiger partial charge in [0.25, 0.3) is 0 Å². The first kappa shape index (κ1) is 13.5. The first-order chi connectivity index (χ1) is 9.28. The number of rotatable bonds is 4. The highest BCUT2D eigenvalue weighted by Crippen LogP contribution is 2.39. The first-order valence-corrected chi connectivity index (χ1v) is 8.16. The molecule has 2 aliphatic carbocycles. The van der Waals surface area contributed by atoms with E-state index in [2.05, 4.69) is 23.5 Å². The lowest BCUT2D eigenvalue weighted by Gasteiger charge is -2.34. The van der Waals surface area contributed by atoms with Crippen LogP contribution < -0.4 is 5.32 Å². The molecular weight excluding hydrogens is 254 g/mol. The van der Waals surface area contributed by atoms with Crippen molar-refractivity contribution in [2.24, 2.45) is 0 Å². The zero-order valence-electron chi connectivity index (χ0n) is 11.6. The Morgan fingerprint density at radius 3 is 2.47 bits per heavy atom. The van der Waals surface area contributed by atoms with Gasteiger partial charge in [-0.25, -0.2) is 0 Å². The van der Waals surface area contributed by atoms with E-state index in [0.717, 1.165) is 17.6 Å². The fraction of sp³-hybridized carbons (Fsp3) is 0.647. The molecule has 0 aliphatic heterocycles. The van der Waals surface area contributed by atoms with Gasteiger partial charge >= 0.3 is 0 Å². The summed E-state index contributed by atoms with van der Waals surface area (Å²) in [4.78, 5) is 0. The SMILES string of the molecule is Clc1cccc(C2(CNC3CC3)CCCCCC2)c1. The zero-order valence-corrected chi connectivity index (χ0v) is 12.4. The minimum Gasteiger partial charge on any atom is -0.313 e. The van der Waals surface area contributed by atoms with E-state index >= 15 is 0 Å². The van der Waals surface area contributed by atoms with Crippen molar-refractivity contribution in [3.05, 3.63) is 34.9 Å². The summed E-state index contributed by atoms with van der Waals surface area (Å²) in [5, 5.41) is 4.65. The Hall–Kier alpha value is -0.530. The van der Waals surface area contributed by atoms with Gasteiger partial charge in [-0.05, 0) is 43.4 Å². The molecule has 19 heavy (non-hydrogen) atoms. The van der Waals surface area contributed by atoms with Crippen LogP contribution in [0.5, 0.6) is 0 Å². The molecule has 2 heteroatoms. The van der Waals surface area contributed by atoms with Crippen molar-refractivity contribution in [1.82, 2.24) is 5.32 Å². The largest absolute Gasteiger partial charge is 0.313 e. The van der Waals surface area contributed by atoms with Crippen molar-refractivity contribution in [3.63, 3.8) is 0 Å². The average molecular weight is 278 g/mol. The Labute approximate surface area is 121 Å². The van der Waals surface area contributed by atoms with Gasteiger partial charge in [0.15, 0.2) is 0 Å². The van der Waals surface area contributed by atoms with E-state index in [0.29, 0.717) is 5.41 Å². The Bertz CT molecular complexity index is 417. The van der Waals surface area contributed by atoms with Crippen molar-refractivity contribution < 1.29 is 0 Å². The maximum atomic E-state index is 6.22. The molecule has 2 aliphatic rings. The summed E-state index contributed by atoms with van der Waals surface area (Å²) in [5.74, 6) is 0. The minimum absolute atomic E-state index is 0.323. The first-order valence-electron chi connectivity index (χ1n) is 7.78. The summed E-state index contributed by atoms with van der Waals surface area (Å²) >= 11 is 6.22. The average Bonchev–Trinajstić information content (AvgIpc) is 3.24. The Balaban J connectivity index is 1.84. The highest BCUT2D eigenvalue weighted by molar-refractivity contribution is 6.30. The van der Waals surface area contributed by atoms with Gasteiger partial charge in [0.2, 0.25) is 0 Å². The molecule has 3 rings (SSSR count). The molecule has 0 aromatic heterocycles. The van der Waals surface area contributed by atoms with E-state index < -0.39 is 0 Å². The standard InChI is InChI=1S/C17H24ClN/c18-15-7-5-6-14(12-15)17(13-19-16-8-9-16)10-3-1-2-4-11-17/h5-7,12,16,19H,1-4,8-11,13H2. The lowest BCUT2D eigenvalue weighted by molar-refractivity contribution is 0.346. The smallest absolute Gasteiger partial charge is 0.0408 e. The quantitative estimate of drug-likeness (QED) is 0.788. The number of halogens is 1. The predicted octanol–water partition coefficient (Wildman–Crippen LogP) is 4.68. The van der Waals surface area contributed by atoms with Crippen LogP contribution in [-0.4, -0.2) is 12.6 Å². The third kappa shape index (κ3) is 3.32. The summed E-state index contributed by atoms with van der Waals surface area (Å²) in [6.45, 7) is 1.14. The summed E-state index contributed by atoms with van der Waals surface area (Å²) < 4.78 is 0. The molecule has 0 saturated heterocycles. The minimum atomic E-state index is 0.323. The van der Waals surface area contributed by atoms with E-state index in [1.807, 2.05) is 6.07 Å². The normalized spacial score (nSPS) is 23.0. The highest BCUT2D eigenvalue weighted by Gasteiger charge is 2.34. The molecule has 0 amide bonds. The second-order valence-electron chi connectivity index (χ2n) is 6.36. The van der Waals surface area contributed by atoms with E-state index in [4.69, 9.17) is 11.6 Å². The van der Waals surface area contributed by atoms with Gasteiger partial charge < -0.3 is 5.32 Å². The Morgan fingerprint density at radius 1 is 1.11 bits per heavy atom. The number of hydrogen-bond donors (Lipinski definition) is 1. The fourth-order valence-electron chi connectivity index (χ4n) is 3.42. The van der Waals surface area contributed by atoms with Gasteiger partial charge in [-0.3, -0.25) is 0 Å². The molecular formula is C17H24ClN. The third-order valence-electron chi connectivity index (χ3n) is 4.80. The van der Waals surface area contributed by atoms with E-state index in [9.17, 15) is 0 Å². The monoisotopic (exact) mass is 277 g/mol. The molecule has 2 saturated carbocycles. The second-order valence-corrected chi connectivity index (χ2v) is 6.80. The van der Waals surface area contributed by atoms with Gasteiger partial charge in [-0.15, -0.1) is 0 Å². The van der Waals surface area contributed by atoms with E-state index in [1.54, 1.807) is 0 Å². The molecule has 1 N–H and O–H groups in total. The van der Waals surface area contributed by atoms with Crippen LogP contribution in [0.4, 0.5) is 0 Å². The summed E-state index contributed by atoms with van der Waals surface area (Å²) in [6.07, 6.45) is 10.9. The van der Waals surface area contributed by atoms with Crippen LogP contribution in [-0.2, 0) is 5.41 Å². The number of nitrogens with one attached hydrogen (secondary N) is 1. The van der Waals surface area contributed by atoms with Gasteiger partial charge in [0, 0.05) is 23.0 Å². The lowest BCUT2D eigenvalue weighted by Crippen LogP contribution is -2.39. The summed E-state index contributed by atoms with van der Waals surface area (Å²) in [6, 6.07) is 9.37. The molecule has 0 atom stereocenters. The van der Waals surface area contributed by atoms with Crippen molar-refractivity contribution in [1.29, 1.82) is 0 Å². The topological polar surface area (TPSA) is 12.0 Å². The van der Waals surface area contributed by atoms with Crippen LogP contribution in [0.1, 0.15) is 56.9 Å². The molecule has 0 spiro atoms. The molecule has 104 valence electrons. The Morgan fingerprint density at radius 2 is 1.84 bits per heavy atom. The highest BCUT2D eigenvalue weighted by atomic mass is 35.5. The van der Waals surface area contributed by atoms with Crippen LogP contribution in [0, 0.1) is 0 Å². The summed E-state index contributed by atoms with van der Waals surface area (Å²) in [7, 11) is 0. The van der Waals surface area contributed by atoms with Crippen molar-refractivity contribution in [3.8, 4) is 0 Å². The maximum Gasteiger partial charge on any atom is 0.0408 e. The molecule has 1 aromatic rings. The number of benzene rings is 1. The third-order valence-corrected chi connectivity index (χ3v) is 5.04. The van der Waals surface area contributed by atoms with Crippen LogP contribution in [0.15, 0.2) is 24.3 Å². The van der Waals surface area contributed by atoms with Crippen molar-refractivity contribution in [2.45, 2.75) is 62.8 Å². The van der Waals surface area contributed by atoms with Crippen LogP contribution in [0.3, 0.4) is 0 Å². The van der Waals surface area contributed by atoms with E-state index in [1.165, 1.54) is 56.9 Å². The van der Waals surface area contributed by atoms with Gasteiger partial charge in [0.1, 0.15) is 0 Å². The van der Waals surface area contributed by atoms with Crippen LogP contribution in [0.25, 0.3) is 0 Å². The molecule has 0 radical (unpaired) electrons. The molecule has 2 fully saturated rings.